The molecule has 0 spiro atoms. The van der Waals surface area contributed by atoms with E-state index in [1.54, 1.807) is 12.4 Å². The largest absolute Gasteiger partial charge is 0.388 e. The number of nitrogens with two attached hydrogens (primary N) is 1. The van der Waals surface area contributed by atoms with E-state index in [1.165, 1.54) is 0 Å². The number of hydrogen-bond acceptors (Lipinski definition) is 4. The van der Waals surface area contributed by atoms with Crippen molar-refractivity contribution < 1.29 is 0 Å². The second-order valence-electron chi connectivity index (χ2n) is 4.48. The Morgan fingerprint density at radius 3 is 2.38 bits per heavy atom. The number of thiocarbonyl (C=S) groups is 1. The zero-order valence-corrected chi connectivity index (χ0v) is 10.4. The van der Waals surface area contributed by atoms with E-state index < -0.39 is 0 Å². The first-order valence-electron chi connectivity index (χ1n) is 5.44. The van der Waals surface area contributed by atoms with Crippen LogP contribution < -0.4 is 10.6 Å². The highest BCUT2D eigenvalue weighted by Crippen LogP contribution is 2.25. The van der Waals surface area contributed by atoms with Gasteiger partial charge in [-0.25, -0.2) is 9.97 Å². The SMILES string of the molecule is CC1CN(c2cnc(C(N)=S)cn2)CC1C. The van der Waals surface area contributed by atoms with Gasteiger partial charge >= 0.3 is 0 Å². The van der Waals surface area contributed by atoms with Crippen molar-refractivity contribution in [3.63, 3.8) is 0 Å². The molecule has 1 aromatic heterocycles. The molecular formula is C11H16N4S. The second kappa shape index (κ2) is 4.33. The van der Waals surface area contributed by atoms with E-state index in [1.807, 2.05) is 0 Å². The van der Waals surface area contributed by atoms with Crippen molar-refractivity contribution >= 4 is 23.0 Å². The summed E-state index contributed by atoms with van der Waals surface area (Å²) in [7, 11) is 0. The molecule has 0 radical (unpaired) electrons. The molecule has 2 unspecified atom stereocenters. The normalized spacial score (nSPS) is 24.8. The molecule has 1 aromatic rings. The zero-order chi connectivity index (χ0) is 11.7. The van der Waals surface area contributed by atoms with E-state index in [-0.39, 0.29) is 0 Å². The predicted octanol–water partition coefficient (Wildman–Crippen LogP) is 1.20. The monoisotopic (exact) mass is 236 g/mol. The molecule has 0 saturated carbocycles. The highest BCUT2D eigenvalue weighted by atomic mass is 32.1. The van der Waals surface area contributed by atoms with E-state index >= 15 is 0 Å². The minimum atomic E-state index is 0.294. The van der Waals surface area contributed by atoms with Crippen molar-refractivity contribution in [2.75, 3.05) is 18.0 Å². The van der Waals surface area contributed by atoms with Crippen LogP contribution in [0, 0.1) is 11.8 Å². The van der Waals surface area contributed by atoms with Crippen LogP contribution in [0.15, 0.2) is 12.4 Å². The van der Waals surface area contributed by atoms with Gasteiger partial charge in [0, 0.05) is 13.1 Å². The van der Waals surface area contributed by atoms with Crippen LogP contribution in [0.2, 0.25) is 0 Å². The lowest BCUT2D eigenvalue weighted by Crippen LogP contribution is -2.21. The summed E-state index contributed by atoms with van der Waals surface area (Å²) in [4.78, 5) is 11.1. The summed E-state index contributed by atoms with van der Waals surface area (Å²) < 4.78 is 0. The molecule has 4 nitrogen and oxygen atoms in total. The highest BCUT2D eigenvalue weighted by Gasteiger charge is 2.26. The summed E-state index contributed by atoms with van der Waals surface area (Å²) in [5.41, 5.74) is 6.06. The molecule has 5 heteroatoms. The van der Waals surface area contributed by atoms with Gasteiger partial charge in [-0.2, -0.15) is 0 Å². The molecule has 0 amide bonds. The Bertz CT molecular complexity index is 379. The van der Waals surface area contributed by atoms with Crippen molar-refractivity contribution in [3.05, 3.63) is 18.1 Å². The molecule has 16 heavy (non-hydrogen) atoms. The van der Waals surface area contributed by atoms with Crippen molar-refractivity contribution in [2.24, 2.45) is 17.6 Å². The van der Waals surface area contributed by atoms with Gasteiger partial charge in [0.1, 0.15) is 16.5 Å². The summed E-state index contributed by atoms with van der Waals surface area (Å²) in [6.45, 7) is 6.62. The van der Waals surface area contributed by atoms with Gasteiger partial charge < -0.3 is 10.6 Å². The van der Waals surface area contributed by atoms with Gasteiger partial charge in [-0.15, -0.1) is 0 Å². The summed E-state index contributed by atoms with van der Waals surface area (Å²) in [5, 5.41) is 0. The third-order valence-corrected chi connectivity index (χ3v) is 3.41. The molecule has 1 saturated heterocycles. The number of hydrogen-bond donors (Lipinski definition) is 1. The molecule has 2 heterocycles. The minimum Gasteiger partial charge on any atom is -0.388 e. The van der Waals surface area contributed by atoms with Gasteiger partial charge in [0.2, 0.25) is 0 Å². The standard InChI is InChI=1S/C11H16N4S/c1-7-5-15(6-8(7)2)10-4-13-9(3-14-10)11(12)16/h3-4,7-8H,5-6H2,1-2H3,(H2,12,16). The molecular weight excluding hydrogens is 220 g/mol. The number of nitrogens with zero attached hydrogens (tertiary/aromatic N) is 3. The van der Waals surface area contributed by atoms with E-state index in [0.29, 0.717) is 22.5 Å². The van der Waals surface area contributed by atoms with Crippen LogP contribution in [0.5, 0.6) is 0 Å². The minimum absolute atomic E-state index is 0.294. The number of anilines is 1. The van der Waals surface area contributed by atoms with E-state index in [2.05, 4.69) is 28.7 Å². The van der Waals surface area contributed by atoms with Crippen molar-refractivity contribution in [1.29, 1.82) is 0 Å². The van der Waals surface area contributed by atoms with Crippen molar-refractivity contribution in [2.45, 2.75) is 13.8 Å². The first kappa shape index (κ1) is 11.3. The molecule has 0 bridgehead atoms. The molecule has 1 fully saturated rings. The second-order valence-corrected chi connectivity index (χ2v) is 4.92. The average molecular weight is 236 g/mol. The molecule has 1 aliphatic heterocycles. The first-order valence-corrected chi connectivity index (χ1v) is 5.85. The number of rotatable bonds is 2. The van der Waals surface area contributed by atoms with Gasteiger partial charge in [0.05, 0.1) is 12.4 Å². The summed E-state index contributed by atoms with van der Waals surface area (Å²) >= 11 is 4.84. The van der Waals surface area contributed by atoms with Crippen molar-refractivity contribution in [3.8, 4) is 0 Å². The van der Waals surface area contributed by atoms with E-state index in [0.717, 1.165) is 18.9 Å². The fourth-order valence-electron chi connectivity index (χ4n) is 1.93. The molecule has 86 valence electrons. The average Bonchev–Trinajstić information content (AvgIpc) is 2.59. The quantitative estimate of drug-likeness (QED) is 0.782. The van der Waals surface area contributed by atoms with E-state index in [9.17, 15) is 0 Å². The van der Waals surface area contributed by atoms with Crippen LogP contribution in [-0.2, 0) is 0 Å². The lowest BCUT2D eigenvalue weighted by molar-refractivity contribution is 0.494. The third kappa shape index (κ3) is 2.14. The predicted molar refractivity (Wildman–Crippen MR) is 68.5 cm³/mol. The van der Waals surface area contributed by atoms with Gasteiger partial charge in [-0.3, -0.25) is 0 Å². The zero-order valence-electron chi connectivity index (χ0n) is 9.55. The third-order valence-electron chi connectivity index (χ3n) is 3.20. The van der Waals surface area contributed by atoms with Crippen LogP contribution >= 0.6 is 12.2 Å². The Morgan fingerprint density at radius 2 is 1.94 bits per heavy atom. The van der Waals surface area contributed by atoms with E-state index in [4.69, 9.17) is 18.0 Å². The molecule has 1 aliphatic rings. The maximum absolute atomic E-state index is 5.48. The van der Waals surface area contributed by atoms with Crippen molar-refractivity contribution in [1.82, 2.24) is 9.97 Å². The molecule has 0 aliphatic carbocycles. The van der Waals surface area contributed by atoms with Crippen LogP contribution in [0.25, 0.3) is 0 Å². The van der Waals surface area contributed by atoms with Crippen LogP contribution in [0.1, 0.15) is 19.5 Å². The molecule has 0 aromatic carbocycles. The fourth-order valence-corrected chi connectivity index (χ4v) is 2.03. The Kier molecular flexibility index (Phi) is 3.05. The van der Waals surface area contributed by atoms with Crippen LogP contribution in [-0.4, -0.2) is 28.0 Å². The number of aromatic nitrogens is 2. The summed E-state index contributed by atoms with van der Waals surface area (Å²) in [5.74, 6) is 2.32. The highest BCUT2D eigenvalue weighted by molar-refractivity contribution is 7.80. The lowest BCUT2D eigenvalue weighted by Gasteiger charge is -2.16. The Balaban J connectivity index is 2.14. The Morgan fingerprint density at radius 1 is 1.31 bits per heavy atom. The van der Waals surface area contributed by atoms with Gasteiger partial charge in [0.15, 0.2) is 0 Å². The Hall–Kier alpha value is -1.23. The maximum atomic E-state index is 5.48. The van der Waals surface area contributed by atoms with Gasteiger partial charge in [-0.1, -0.05) is 26.1 Å². The lowest BCUT2D eigenvalue weighted by atomic mass is 10.0. The van der Waals surface area contributed by atoms with Gasteiger partial charge in [-0.05, 0) is 11.8 Å². The molecule has 2 atom stereocenters. The first-order chi connectivity index (χ1) is 7.58. The summed E-state index contributed by atoms with van der Waals surface area (Å²) in [6.07, 6.45) is 3.39. The van der Waals surface area contributed by atoms with Crippen LogP contribution in [0.3, 0.4) is 0 Å². The van der Waals surface area contributed by atoms with Crippen LogP contribution in [0.4, 0.5) is 5.82 Å². The smallest absolute Gasteiger partial charge is 0.147 e. The summed E-state index contributed by atoms with van der Waals surface area (Å²) in [6, 6.07) is 0. The topological polar surface area (TPSA) is 55.0 Å². The van der Waals surface area contributed by atoms with Gasteiger partial charge in [0.25, 0.3) is 0 Å². The molecule has 2 N–H and O–H groups in total. The molecule has 2 rings (SSSR count). The maximum Gasteiger partial charge on any atom is 0.147 e. The Labute approximate surface area is 101 Å². The fraction of sp³-hybridized carbons (Fsp3) is 0.545.